The quantitative estimate of drug-likeness (QED) is 0.232. The fraction of sp³-hybridized carbons (Fsp3) is 0.588. The van der Waals surface area contributed by atoms with Crippen molar-refractivity contribution in [1.82, 2.24) is 10.6 Å². The third kappa shape index (κ3) is 7.06. The molecule has 8 nitrogen and oxygen atoms in total. The second-order valence-corrected chi connectivity index (χ2v) is 5.76. The molecule has 1 unspecified atom stereocenters. The van der Waals surface area contributed by atoms with E-state index in [1.807, 2.05) is 6.92 Å². The van der Waals surface area contributed by atoms with Gasteiger partial charge in [-0.2, -0.15) is 0 Å². The number of rotatable bonds is 9. The van der Waals surface area contributed by atoms with Crippen molar-refractivity contribution in [3.05, 3.63) is 39.9 Å². The Kier molecular flexibility index (Phi) is 8.14. The van der Waals surface area contributed by atoms with Crippen molar-refractivity contribution in [3.8, 4) is 0 Å². The van der Waals surface area contributed by atoms with E-state index in [2.05, 4.69) is 15.6 Å². The van der Waals surface area contributed by atoms with E-state index < -0.39 is 4.92 Å². The lowest BCUT2D eigenvalue weighted by molar-refractivity contribution is -0.384. The van der Waals surface area contributed by atoms with Gasteiger partial charge in [0, 0.05) is 38.4 Å². The van der Waals surface area contributed by atoms with Gasteiger partial charge < -0.3 is 20.1 Å². The molecule has 1 heterocycles. The summed E-state index contributed by atoms with van der Waals surface area (Å²) in [5.74, 6) is 0.727. The smallest absolute Gasteiger partial charge is 0.269 e. The summed E-state index contributed by atoms with van der Waals surface area (Å²) in [6.07, 6.45) is 2.11. The zero-order valence-electron chi connectivity index (χ0n) is 14.6. The molecule has 0 saturated carbocycles. The number of benzene rings is 1. The van der Waals surface area contributed by atoms with Gasteiger partial charge >= 0.3 is 0 Å². The Morgan fingerprint density at radius 3 is 2.84 bits per heavy atom. The van der Waals surface area contributed by atoms with Crippen LogP contribution in [-0.2, 0) is 16.0 Å². The first-order valence-corrected chi connectivity index (χ1v) is 8.64. The molecule has 138 valence electrons. The fourth-order valence-electron chi connectivity index (χ4n) is 2.41. The van der Waals surface area contributed by atoms with Crippen LogP contribution >= 0.6 is 0 Å². The lowest BCUT2D eigenvalue weighted by Gasteiger charge is -2.13. The van der Waals surface area contributed by atoms with Gasteiger partial charge in [0.15, 0.2) is 5.96 Å². The highest BCUT2D eigenvalue weighted by atomic mass is 16.6. The molecular weight excluding hydrogens is 324 g/mol. The Balaban J connectivity index is 1.72. The normalized spacial score (nSPS) is 17.5. The first-order chi connectivity index (χ1) is 12.2. The van der Waals surface area contributed by atoms with Crippen molar-refractivity contribution >= 4 is 11.6 Å². The molecule has 0 amide bonds. The van der Waals surface area contributed by atoms with E-state index >= 15 is 0 Å². The maximum Gasteiger partial charge on any atom is 0.269 e. The maximum atomic E-state index is 10.7. The van der Waals surface area contributed by atoms with E-state index in [4.69, 9.17) is 9.47 Å². The highest BCUT2D eigenvalue weighted by Crippen LogP contribution is 2.12. The van der Waals surface area contributed by atoms with Crippen molar-refractivity contribution in [2.24, 2.45) is 4.99 Å². The predicted octanol–water partition coefficient (Wildman–Crippen LogP) is 1.85. The molecule has 0 aromatic heterocycles. The molecule has 0 aliphatic carbocycles. The van der Waals surface area contributed by atoms with E-state index in [1.165, 1.54) is 12.1 Å². The van der Waals surface area contributed by atoms with Gasteiger partial charge in [0.05, 0.1) is 24.2 Å². The van der Waals surface area contributed by atoms with E-state index in [-0.39, 0.29) is 11.8 Å². The number of aliphatic imine (C=N–C) groups is 1. The topological polar surface area (TPSA) is 98.0 Å². The van der Waals surface area contributed by atoms with Crippen LogP contribution in [0.1, 0.15) is 25.3 Å². The summed E-state index contributed by atoms with van der Waals surface area (Å²) in [5, 5.41) is 17.1. The lowest BCUT2D eigenvalue weighted by Crippen LogP contribution is -2.38. The molecule has 1 fully saturated rings. The van der Waals surface area contributed by atoms with E-state index in [1.54, 1.807) is 12.1 Å². The molecule has 1 atom stereocenters. The maximum absolute atomic E-state index is 10.7. The predicted molar refractivity (Wildman–Crippen MR) is 95.7 cm³/mol. The number of hydrogen-bond donors (Lipinski definition) is 2. The number of non-ortho nitro benzene ring substituents is 1. The summed E-state index contributed by atoms with van der Waals surface area (Å²) in [6.45, 7) is 6.19. The minimum absolute atomic E-state index is 0.0884. The van der Waals surface area contributed by atoms with Crippen LogP contribution in [0, 0.1) is 10.1 Å². The van der Waals surface area contributed by atoms with Crippen LogP contribution < -0.4 is 10.6 Å². The van der Waals surface area contributed by atoms with Gasteiger partial charge in [-0.05, 0) is 25.3 Å². The molecule has 2 N–H and O–H groups in total. The average molecular weight is 350 g/mol. The molecule has 1 aliphatic rings. The number of ether oxygens (including phenoxy) is 2. The second-order valence-electron chi connectivity index (χ2n) is 5.76. The minimum Gasteiger partial charge on any atom is -0.379 e. The Bertz CT molecular complexity index is 556. The summed E-state index contributed by atoms with van der Waals surface area (Å²) in [4.78, 5) is 14.8. The van der Waals surface area contributed by atoms with E-state index in [9.17, 15) is 10.1 Å². The van der Waals surface area contributed by atoms with E-state index in [0.29, 0.717) is 19.8 Å². The molecule has 0 spiro atoms. The Hall–Kier alpha value is -2.19. The SMILES string of the molecule is CCNC(=NCc1ccc([N+](=O)[O-])cc1)NCCCOC1CCOC1. The third-order valence-corrected chi connectivity index (χ3v) is 3.77. The summed E-state index contributed by atoms with van der Waals surface area (Å²) < 4.78 is 11.0. The van der Waals surface area contributed by atoms with Gasteiger partial charge in [-0.25, -0.2) is 4.99 Å². The van der Waals surface area contributed by atoms with Gasteiger partial charge in [0.1, 0.15) is 0 Å². The number of nitro groups is 1. The number of nitro benzene ring substituents is 1. The van der Waals surface area contributed by atoms with Crippen molar-refractivity contribution in [3.63, 3.8) is 0 Å². The summed E-state index contributed by atoms with van der Waals surface area (Å²) in [7, 11) is 0. The summed E-state index contributed by atoms with van der Waals surface area (Å²) >= 11 is 0. The lowest BCUT2D eigenvalue weighted by atomic mass is 10.2. The number of guanidine groups is 1. The van der Waals surface area contributed by atoms with Crippen molar-refractivity contribution in [1.29, 1.82) is 0 Å². The zero-order valence-corrected chi connectivity index (χ0v) is 14.6. The Morgan fingerprint density at radius 2 is 2.20 bits per heavy atom. The molecule has 1 aliphatic heterocycles. The highest BCUT2D eigenvalue weighted by Gasteiger charge is 2.15. The first-order valence-electron chi connectivity index (χ1n) is 8.64. The van der Waals surface area contributed by atoms with Crippen LogP contribution in [0.5, 0.6) is 0 Å². The van der Waals surface area contributed by atoms with Gasteiger partial charge in [0.25, 0.3) is 5.69 Å². The molecule has 8 heteroatoms. The van der Waals surface area contributed by atoms with Crippen LogP contribution in [0.4, 0.5) is 5.69 Å². The molecule has 0 radical (unpaired) electrons. The van der Waals surface area contributed by atoms with Gasteiger partial charge in [-0.3, -0.25) is 10.1 Å². The van der Waals surface area contributed by atoms with Crippen LogP contribution in [0.25, 0.3) is 0 Å². The van der Waals surface area contributed by atoms with Crippen LogP contribution in [0.3, 0.4) is 0 Å². The summed E-state index contributed by atoms with van der Waals surface area (Å²) in [6, 6.07) is 6.44. The number of nitrogens with zero attached hydrogens (tertiary/aromatic N) is 2. The van der Waals surface area contributed by atoms with Crippen LogP contribution in [0.2, 0.25) is 0 Å². The van der Waals surface area contributed by atoms with Gasteiger partial charge in [-0.1, -0.05) is 12.1 Å². The molecule has 1 aromatic rings. The minimum atomic E-state index is -0.404. The highest BCUT2D eigenvalue weighted by molar-refractivity contribution is 5.79. The summed E-state index contributed by atoms with van der Waals surface area (Å²) in [5.41, 5.74) is 1.01. The zero-order chi connectivity index (χ0) is 17.9. The van der Waals surface area contributed by atoms with Crippen molar-refractivity contribution in [2.75, 3.05) is 32.9 Å². The van der Waals surface area contributed by atoms with Gasteiger partial charge in [0.2, 0.25) is 0 Å². The number of nitrogens with one attached hydrogen (secondary N) is 2. The largest absolute Gasteiger partial charge is 0.379 e. The van der Waals surface area contributed by atoms with Crippen LogP contribution in [0.15, 0.2) is 29.3 Å². The Morgan fingerprint density at radius 1 is 1.40 bits per heavy atom. The monoisotopic (exact) mass is 350 g/mol. The second kappa shape index (κ2) is 10.6. The third-order valence-electron chi connectivity index (χ3n) is 3.77. The standard InChI is InChI=1S/C17H26N4O4/c1-2-18-17(19-9-3-10-25-16-8-11-24-13-16)20-12-14-4-6-15(7-5-14)21(22)23/h4-7,16H,2-3,8-13H2,1H3,(H2,18,19,20). The first kappa shape index (κ1) is 19.1. The Labute approximate surface area is 147 Å². The molecule has 25 heavy (non-hydrogen) atoms. The molecule has 0 bridgehead atoms. The molecule has 1 saturated heterocycles. The average Bonchev–Trinajstić information content (AvgIpc) is 3.13. The molecule has 1 aromatic carbocycles. The van der Waals surface area contributed by atoms with Crippen LogP contribution in [-0.4, -0.2) is 49.9 Å². The van der Waals surface area contributed by atoms with Crippen molar-refractivity contribution in [2.45, 2.75) is 32.4 Å². The van der Waals surface area contributed by atoms with E-state index in [0.717, 1.165) is 44.1 Å². The van der Waals surface area contributed by atoms with Crippen molar-refractivity contribution < 1.29 is 14.4 Å². The van der Waals surface area contributed by atoms with Gasteiger partial charge in [-0.15, -0.1) is 0 Å². The molecular formula is C17H26N4O4. The fourth-order valence-corrected chi connectivity index (χ4v) is 2.41. The molecule has 2 rings (SSSR count). The number of hydrogen-bond acceptors (Lipinski definition) is 5.